The summed E-state index contributed by atoms with van der Waals surface area (Å²) in [6, 6.07) is 11.2. The van der Waals surface area contributed by atoms with Crippen molar-refractivity contribution in [2.45, 2.75) is 6.92 Å². The van der Waals surface area contributed by atoms with Gasteiger partial charge in [0.05, 0.1) is 12.8 Å². The molecule has 3 N–H and O–H groups in total. The van der Waals surface area contributed by atoms with E-state index < -0.39 is 0 Å². The van der Waals surface area contributed by atoms with Crippen LogP contribution >= 0.6 is 23.8 Å². The van der Waals surface area contributed by atoms with E-state index in [1.54, 1.807) is 19.2 Å². The van der Waals surface area contributed by atoms with Crippen molar-refractivity contribution in [2.75, 3.05) is 12.4 Å². The Kier molecular flexibility index (Phi) is 4.47. The Hall–Kier alpha value is -1.78. The molecule has 0 saturated carbocycles. The molecule has 20 heavy (non-hydrogen) atoms. The number of thiocarbonyl (C=S) groups is 1. The molecule has 0 bridgehead atoms. The topological polar surface area (TPSA) is 47.3 Å². The minimum atomic E-state index is 0.328. The molecule has 0 fully saturated rings. The van der Waals surface area contributed by atoms with Gasteiger partial charge in [-0.15, -0.1) is 0 Å². The van der Waals surface area contributed by atoms with Crippen LogP contribution in [0.3, 0.4) is 0 Å². The van der Waals surface area contributed by atoms with E-state index in [0.29, 0.717) is 10.0 Å². The molecule has 2 aromatic carbocycles. The summed E-state index contributed by atoms with van der Waals surface area (Å²) < 4.78 is 5.24. The van der Waals surface area contributed by atoms with Gasteiger partial charge < -0.3 is 15.8 Å². The number of anilines is 2. The maximum atomic E-state index is 6.02. The monoisotopic (exact) mass is 306 g/mol. The van der Waals surface area contributed by atoms with Gasteiger partial charge in [0.2, 0.25) is 0 Å². The molecule has 0 heterocycles. The highest BCUT2D eigenvalue weighted by atomic mass is 35.5. The van der Waals surface area contributed by atoms with Crippen molar-refractivity contribution >= 4 is 40.2 Å². The van der Waals surface area contributed by atoms with Gasteiger partial charge in [-0.1, -0.05) is 23.8 Å². The van der Waals surface area contributed by atoms with Crippen LogP contribution in [0.1, 0.15) is 11.1 Å². The van der Waals surface area contributed by atoms with Crippen LogP contribution in [0.4, 0.5) is 11.4 Å². The summed E-state index contributed by atoms with van der Waals surface area (Å²) >= 11 is 11.1. The van der Waals surface area contributed by atoms with Gasteiger partial charge in [0, 0.05) is 16.3 Å². The van der Waals surface area contributed by atoms with Gasteiger partial charge in [0.15, 0.2) is 0 Å². The molecule has 0 spiro atoms. The maximum Gasteiger partial charge on any atom is 0.121 e. The molecule has 0 radical (unpaired) electrons. The first-order chi connectivity index (χ1) is 9.51. The quantitative estimate of drug-likeness (QED) is 0.837. The van der Waals surface area contributed by atoms with Crippen LogP contribution in [0.25, 0.3) is 0 Å². The summed E-state index contributed by atoms with van der Waals surface area (Å²) in [6.07, 6.45) is 0. The lowest BCUT2D eigenvalue weighted by molar-refractivity contribution is 0.412. The van der Waals surface area contributed by atoms with Crippen LogP contribution in [0.15, 0.2) is 36.4 Å². The van der Waals surface area contributed by atoms with Crippen molar-refractivity contribution in [3.05, 3.63) is 52.5 Å². The Morgan fingerprint density at radius 2 is 2.00 bits per heavy atom. The van der Waals surface area contributed by atoms with Gasteiger partial charge in [-0.05, 0) is 48.9 Å². The van der Waals surface area contributed by atoms with Gasteiger partial charge >= 0.3 is 0 Å². The van der Waals surface area contributed by atoms with E-state index in [-0.39, 0.29) is 0 Å². The maximum absolute atomic E-state index is 6.02. The van der Waals surface area contributed by atoms with Crippen molar-refractivity contribution in [2.24, 2.45) is 5.73 Å². The highest BCUT2D eigenvalue weighted by Crippen LogP contribution is 2.27. The fraction of sp³-hybridized carbons (Fsp3) is 0.133. The molecular formula is C15H15ClN2OS. The smallest absolute Gasteiger partial charge is 0.121 e. The molecule has 2 rings (SSSR count). The lowest BCUT2D eigenvalue weighted by atomic mass is 10.1. The van der Waals surface area contributed by atoms with E-state index in [9.17, 15) is 0 Å². The molecule has 0 amide bonds. The number of ether oxygens (including phenoxy) is 1. The molecule has 0 aliphatic heterocycles. The van der Waals surface area contributed by atoms with Crippen molar-refractivity contribution in [3.63, 3.8) is 0 Å². The Balaban J connectivity index is 2.36. The molecule has 5 heteroatoms. The second kappa shape index (κ2) is 6.11. The van der Waals surface area contributed by atoms with E-state index in [2.05, 4.69) is 5.32 Å². The number of nitrogens with one attached hydrogen (secondary N) is 1. The second-order valence-electron chi connectivity index (χ2n) is 4.36. The highest BCUT2D eigenvalue weighted by Gasteiger charge is 2.07. The minimum Gasteiger partial charge on any atom is -0.496 e. The third-order valence-corrected chi connectivity index (χ3v) is 3.38. The van der Waals surface area contributed by atoms with E-state index in [4.69, 9.17) is 34.3 Å². The fourth-order valence-electron chi connectivity index (χ4n) is 1.95. The van der Waals surface area contributed by atoms with Crippen LogP contribution < -0.4 is 15.8 Å². The zero-order chi connectivity index (χ0) is 14.7. The third-order valence-electron chi connectivity index (χ3n) is 2.92. The Labute approximate surface area is 128 Å². The van der Waals surface area contributed by atoms with Gasteiger partial charge in [0.25, 0.3) is 0 Å². The molecule has 0 unspecified atom stereocenters. The Bertz CT molecular complexity index is 658. The van der Waals surface area contributed by atoms with Gasteiger partial charge in [0.1, 0.15) is 10.7 Å². The van der Waals surface area contributed by atoms with Crippen molar-refractivity contribution in [1.82, 2.24) is 0 Å². The normalized spacial score (nSPS) is 10.2. The number of methoxy groups -OCH3 is 1. The highest BCUT2D eigenvalue weighted by molar-refractivity contribution is 7.80. The molecule has 0 atom stereocenters. The lowest BCUT2D eigenvalue weighted by Gasteiger charge is -2.13. The van der Waals surface area contributed by atoms with E-state index in [1.165, 1.54) is 0 Å². The Morgan fingerprint density at radius 1 is 1.25 bits per heavy atom. The second-order valence-corrected chi connectivity index (χ2v) is 5.24. The summed E-state index contributed by atoms with van der Waals surface area (Å²) in [4.78, 5) is 0.328. The SMILES string of the molecule is COc1ccc(Nc2cc(Cl)ccc2C(N)=S)cc1C. The van der Waals surface area contributed by atoms with E-state index in [0.717, 1.165) is 28.3 Å². The number of benzene rings is 2. The van der Waals surface area contributed by atoms with Crippen LogP contribution in [0.2, 0.25) is 5.02 Å². The first-order valence-corrected chi connectivity index (χ1v) is 6.81. The number of hydrogen-bond donors (Lipinski definition) is 2. The summed E-state index contributed by atoms with van der Waals surface area (Å²) in [5.41, 5.74) is 9.23. The zero-order valence-electron chi connectivity index (χ0n) is 11.2. The van der Waals surface area contributed by atoms with Gasteiger partial charge in [-0.25, -0.2) is 0 Å². The number of halogens is 1. The summed E-state index contributed by atoms with van der Waals surface area (Å²) in [7, 11) is 1.65. The predicted molar refractivity (Wildman–Crippen MR) is 88.4 cm³/mol. The minimum absolute atomic E-state index is 0.328. The average molecular weight is 307 g/mol. The predicted octanol–water partition coefficient (Wildman–Crippen LogP) is 4.03. The average Bonchev–Trinajstić information content (AvgIpc) is 2.38. The summed E-state index contributed by atoms with van der Waals surface area (Å²) in [6.45, 7) is 1.98. The number of rotatable bonds is 4. The first-order valence-electron chi connectivity index (χ1n) is 6.02. The molecule has 0 aliphatic carbocycles. The number of nitrogens with two attached hydrogens (primary N) is 1. The fourth-order valence-corrected chi connectivity index (χ4v) is 2.30. The summed E-state index contributed by atoms with van der Waals surface area (Å²) in [5, 5.41) is 3.90. The standard InChI is InChI=1S/C15H15ClN2OS/c1-9-7-11(4-6-14(9)19-2)18-13-8-10(16)3-5-12(13)15(17)20/h3-8,18H,1-2H3,(H2,17,20). The molecule has 3 nitrogen and oxygen atoms in total. The van der Waals surface area contributed by atoms with E-state index >= 15 is 0 Å². The van der Waals surface area contributed by atoms with Crippen molar-refractivity contribution in [1.29, 1.82) is 0 Å². The molecule has 0 aliphatic rings. The zero-order valence-corrected chi connectivity index (χ0v) is 12.8. The first kappa shape index (κ1) is 14.6. The molecule has 2 aromatic rings. The van der Waals surface area contributed by atoms with Gasteiger partial charge in [-0.2, -0.15) is 0 Å². The van der Waals surface area contributed by atoms with Crippen LogP contribution in [-0.2, 0) is 0 Å². The number of hydrogen-bond acceptors (Lipinski definition) is 3. The van der Waals surface area contributed by atoms with Crippen LogP contribution in [0, 0.1) is 6.92 Å². The molecular weight excluding hydrogens is 292 g/mol. The lowest BCUT2D eigenvalue weighted by Crippen LogP contribution is -2.11. The van der Waals surface area contributed by atoms with E-state index in [1.807, 2.05) is 31.2 Å². The van der Waals surface area contributed by atoms with Crippen molar-refractivity contribution < 1.29 is 4.74 Å². The largest absolute Gasteiger partial charge is 0.496 e. The number of aryl methyl sites for hydroxylation is 1. The molecule has 0 saturated heterocycles. The Morgan fingerprint density at radius 3 is 2.60 bits per heavy atom. The van der Waals surface area contributed by atoms with Crippen LogP contribution in [-0.4, -0.2) is 12.1 Å². The molecule has 104 valence electrons. The van der Waals surface area contributed by atoms with Gasteiger partial charge in [-0.3, -0.25) is 0 Å². The summed E-state index contributed by atoms with van der Waals surface area (Å²) in [5.74, 6) is 0.844. The molecule has 0 aromatic heterocycles. The van der Waals surface area contributed by atoms with Crippen LogP contribution in [0.5, 0.6) is 5.75 Å². The third kappa shape index (κ3) is 3.21. The van der Waals surface area contributed by atoms with Crippen molar-refractivity contribution in [3.8, 4) is 5.75 Å².